The van der Waals surface area contributed by atoms with Crippen LogP contribution in [0.4, 0.5) is 18.3 Å². The largest absolute Gasteiger partial charge is 0.416 e. The molecular weight excluding hydrogens is 325 g/mol. The summed E-state index contributed by atoms with van der Waals surface area (Å²) in [5.41, 5.74) is 0.801. The minimum atomic E-state index is -4.32. The van der Waals surface area contributed by atoms with Gasteiger partial charge in [0.25, 0.3) is 0 Å². The molecule has 2 heterocycles. The number of nitrogens with one attached hydrogen (secondary N) is 1. The number of anilines is 1. The van der Waals surface area contributed by atoms with E-state index in [0.29, 0.717) is 16.7 Å². The molecule has 0 bridgehead atoms. The summed E-state index contributed by atoms with van der Waals surface area (Å²) in [5, 5.41) is 12.4. The Balaban J connectivity index is 1.64. The first kappa shape index (κ1) is 15.4. The SMILES string of the molecule is FC(F)(F)c1ccc(CNc2nnc(-c3ccccn3)s2)cc1. The summed E-state index contributed by atoms with van der Waals surface area (Å²) in [6.07, 6.45) is -2.64. The van der Waals surface area contributed by atoms with Crippen LogP contribution in [0.25, 0.3) is 10.7 Å². The Kier molecular flexibility index (Phi) is 4.24. The average Bonchev–Trinajstić information content (AvgIpc) is 3.02. The molecule has 118 valence electrons. The van der Waals surface area contributed by atoms with Crippen LogP contribution in [-0.4, -0.2) is 15.2 Å². The van der Waals surface area contributed by atoms with Crippen LogP contribution in [0.2, 0.25) is 0 Å². The van der Waals surface area contributed by atoms with Gasteiger partial charge in [-0.2, -0.15) is 13.2 Å². The van der Waals surface area contributed by atoms with Crippen molar-refractivity contribution in [2.24, 2.45) is 0 Å². The molecule has 0 atom stereocenters. The van der Waals surface area contributed by atoms with Crippen molar-refractivity contribution in [3.8, 4) is 10.7 Å². The van der Waals surface area contributed by atoms with Gasteiger partial charge in [-0.1, -0.05) is 29.5 Å². The average molecular weight is 336 g/mol. The first-order valence-corrected chi connectivity index (χ1v) is 7.49. The van der Waals surface area contributed by atoms with E-state index in [0.717, 1.165) is 23.4 Å². The number of halogens is 3. The lowest BCUT2D eigenvalue weighted by Gasteiger charge is -2.07. The second kappa shape index (κ2) is 6.33. The fourth-order valence-corrected chi connectivity index (χ4v) is 2.59. The molecular formula is C15H11F3N4S. The molecule has 0 spiro atoms. The molecule has 3 aromatic rings. The highest BCUT2D eigenvalue weighted by atomic mass is 32.1. The third-order valence-electron chi connectivity index (χ3n) is 3.03. The highest BCUT2D eigenvalue weighted by molar-refractivity contribution is 7.18. The summed E-state index contributed by atoms with van der Waals surface area (Å²) in [5.74, 6) is 0. The molecule has 0 aliphatic carbocycles. The van der Waals surface area contributed by atoms with Crippen LogP contribution in [0.1, 0.15) is 11.1 Å². The predicted molar refractivity (Wildman–Crippen MR) is 81.9 cm³/mol. The number of benzene rings is 1. The quantitative estimate of drug-likeness (QED) is 0.774. The van der Waals surface area contributed by atoms with Crippen LogP contribution in [0.5, 0.6) is 0 Å². The van der Waals surface area contributed by atoms with Gasteiger partial charge >= 0.3 is 6.18 Å². The van der Waals surface area contributed by atoms with Crippen molar-refractivity contribution in [3.05, 3.63) is 59.8 Å². The number of hydrogen-bond donors (Lipinski definition) is 1. The highest BCUT2D eigenvalue weighted by Gasteiger charge is 2.29. The van der Waals surface area contributed by atoms with Crippen LogP contribution >= 0.6 is 11.3 Å². The van der Waals surface area contributed by atoms with Crippen molar-refractivity contribution in [1.29, 1.82) is 0 Å². The molecule has 0 unspecified atom stereocenters. The van der Waals surface area contributed by atoms with Crippen LogP contribution in [-0.2, 0) is 12.7 Å². The van der Waals surface area contributed by atoms with Gasteiger partial charge < -0.3 is 5.32 Å². The minimum Gasteiger partial charge on any atom is -0.356 e. The summed E-state index contributed by atoms with van der Waals surface area (Å²) in [6.45, 7) is 0.370. The molecule has 0 amide bonds. The molecule has 0 aliphatic heterocycles. The number of pyridine rings is 1. The third kappa shape index (κ3) is 3.84. The molecule has 0 fully saturated rings. The summed E-state index contributed by atoms with van der Waals surface area (Å²) in [4.78, 5) is 4.19. The normalized spacial score (nSPS) is 11.4. The molecule has 3 rings (SSSR count). The summed E-state index contributed by atoms with van der Waals surface area (Å²) < 4.78 is 37.5. The van der Waals surface area contributed by atoms with E-state index in [2.05, 4.69) is 20.5 Å². The maximum atomic E-state index is 12.5. The van der Waals surface area contributed by atoms with E-state index >= 15 is 0 Å². The van der Waals surface area contributed by atoms with Gasteiger partial charge in [0.05, 0.1) is 5.56 Å². The lowest BCUT2D eigenvalue weighted by atomic mass is 10.1. The summed E-state index contributed by atoms with van der Waals surface area (Å²) >= 11 is 1.34. The van der Waals surface area contributed by atoms with Crippen LogP contribution in [0.15, 0.2) is 48.7 Å². The predicted octanol–water partition coefficient (Wildman–Crippen LogP) is 4.23. The van der Waals surface area contributed by atoms with Crippen molar-refractivity contribution >= 4 is 16.5 Å². The molecule has 0 saturated carbocycles. The Morgan fingerprint density at radius 2 is 1.78 bits per heavy atom. The number of rotatable bonds is 4. The van der Waals surface area contributed by atoms with Gasteiger partial charge in [-0.25, -0.2) is 0 Å². The van der Waals surface area contributed by atoms with E-state index in [1.807, 2.05) is 18.2 Å². The standard InChI is InChI=1S/C15H11F3N4S/c16-15(17,18)11-6-4-10(5-7-11)9-20-14-22-21-13(23-14)12-3-1-2-8-19-12/h1-8H,9H2,(H,20,22). The van der Waals surface area contributed by atoms with Crippen LogP contribution < -0.4 is 5.32 Å². The Hall–Kier alpha value is -2.48. The first-order chi connectivity index (χ1) is 11.0. The van der Waals surface area contributed by atoms with Crippen LogP contribution in [0, 0.1) is 0 Å². The van der Waals surface area contributed by atoms with Gasteiger partial charge in [0.2, 0.25) is 5.13 Å². The van der Waals surface area contributed by atoms with E-state index in [1.54, 1.807) is 6.20 Å². The summed E-state index contributed by atoms with van der Waals surface area (Å²) in [6, 6.07) is 10.5. The van der Waals surface area contributed by atoms with Crippen LogP contribution in [0.3, 0.4) is 0 Å². The van der Waals surface area contributed by atoms with E-state index in [4.69, 9.17) is 0 Å². The molecule has 2 aromatic heterocycles. The number of aromatic nitrogens is 3. The van der Waals surface area contributed by atoms with Gasteiger partial charge in [0.1, 0.15) is 5.69 Å². The third-order valence-corrected chi connectivity index (χ3v) is 3.94. The first-order valence-electron chi connectivity index (χ1n) is 6.67. The number of nitrogens with zero attached hydrogens (tertiary/aromatic N) is 3. The maximum absolute atomic E-state index is 12.5. The van der Waals surface area contributed by atoms with Crippen molar-refractivity contribution in [1.82, 2.24) is 15.2 Å². The van der Waals surface area contributed by atoms with E-state index < -0.39 is 11.7 Å². The Morgan fingerprint density at radius 3 is 2.43 bits per heavy atom. The van der Waals surface area contributed by atoms with Crippen molar-refractivity contribution in [3.63, 3.8) is 0 Å². The lowest BCUT2D eigenvalue weighted by Crippen LogP contribution is -2.05. The van der Waals surface area contributed by atoms with Crippen molar-refractivity contribution in [2.45, 2.75) is 12.7 Å². The zero-order chi connectivity index (χ0) is 16.3. The Morgan fingerprint density at radius 1 is 1.00 bits per heavy atom. The zero-order valence-electron chi connectivity index (χ0n) is 11.7. The van der Waals surface area contributed by atoms with Crippen molar-refractivity contribution in [2.75, 3.05) is 5.32 Å². The molecule has 0 aliphatic rings. The molecule has 4 nitrogen and oxygen atoms in total. The maximum Gasteiger partial charge on any atom is 0.416 e. The minimum absolute atomic E-state index is 0.370. The van der Waals surface area contributed by atoms with Gasteiger partial charge in [-0.3, -0.25) is 4.98 Å². The molecule has 23 heavy (non-hydrogen) atoms. The fourth-order valence-electron chi connectivity index (χ4n) is 1.88. The van der Waals surface area contributed by atoms with Crippen molar-refractivity contribution < 1.29 is 13.2 Å². The van der Waals surface area contributed by atoms with E-state index in [9.17, 15) is 13.2 Å². The second-order valence-electron chi connectivity index (χ2n) is 4.68. The van der Waals surface area contributed by atoms with Gasteiger partial charge in [0, 0.05) is 12.7 Å². The van der Waals surface area contributed by atoms with Gasteiger partial charge in [-0.15, -0.1) is 10.2 Å². The van der Waals surface area contributed by atoms with E-state index in [-0.39, 0.29) is 0 Å². The monoisotopic (exact) mass is 336 g/mol. The number of hydrogen-bond acceptors (Lipinski definition) is 5. The molecule has 8 heteroatoms. The highest BCUT2D eigenvalue weighted by Crippen LogP contribution is 2.29. The van der Waals surface area contributed by atoms with Gasteiger partial charge in [-0.05, 0) is 29.8 Å². The molecule has 0 radical (unpaired) electrons. The Bertz CT molecular complexity index is 769. The lowest BCUT2D eigenvalue weighted by molar-refractivity contribution is -0.137. The van der Waals surface area contributed by atoms with Gasteiger partial charge in [0.15, 0.2) is 5.01 Å². The zero-order valence-corrected chi connectivity index (χ0v) is 12.5. The number of alkyl halides is 3. The Labute approximate surface area is 134 Å². The fraction of sp³-hybridized carbons (Fsp3) is 0.133. The second-order valence-corrected chi connectivity index (χ2v) is 5.65. The molecule has 0 saturated heterocycles. The summed E-state index contributed by atoms with van der Waals surface area (Å²) in [7, 11) is 0. The smallest absolute Gasteiger partial charge is 0.356 e. The topological polar surface area (TPSA) is 50.7 Å². The molecule has 1 N–H and O–H groups in total. The molecule has 1 aromatic carbocycles. The van der Waals surface area contributed by atoms with E-state index in [1.165, 1.54) is 23.5 Å².